The monoisotopic (exact) mass is 303 g/mol. The molecule has 0 atom stereocenters. The van der Waals surface area contributed by atoms with Crippen LogP contribution < -0.4 is 5.32 Å². The minimum atomic E-state index is -0.204. The number of anilines is 1. The Morgan fingerprint density at radius 3 is 2.87 bits per heavy atom. The number of nitrogens with zero attached hydrogens (tertiary/aromatic N) is 1. The second-order valence-electron chi connectivity index (χ2n) is 5.12. The molecule has 0 saturated heterocycles. The first-order valence-electron chi connectivity index (χ1n) is 7.19. The zero-order chi connectivity index (χ0) is 15.6. The highest BCUT2D eigenvalue weighted by molar-refractivity contribution is 6.05. The summed E-state index contributed by atoms with van der Waals surface area (Å²) in [6.45, 7) is 0. The van der Waals surface area contributed by atoms with Gasteiger partial charge in [-0.2, -0.15) is 0 Å². The number of hydrogen-bond donors (Lipinski definition) is 2. The molecular weight excluding hydrogens is 290 g/mol. The minimum Gasteiger partial charge on any atom is -0.463 e. The molecule has 0 spiro atoms. The topological polar surface area (TPSA) is 70.9 Å². The van der Waals surface area contributed by atoms with Crippen LogP contribution in [0.4, 0.5) is 5.69 Å². The summed E-state index contributed by atoms with van der Waals surface area (Å²) in [5, 5.41) is 3.79. The third-order valence-corrected chi connectivity index (χ3v) is 3.61. The first-order valence-corrected chi connectivity index (χ1v) is 7.19. The molecular formula is C18H13N3O2. The second kappa shape index (κ2) is 5.46. The van der Waals surface area contributed by atoms with Crippen molar-refractivity contribution in [1.82, 2.24) is 9.97 Å². The Morgan fingerprint density at radius 1 is 1.13 bits per heavy atom. The van der Waals surface area contributed by atoms with Gasteiger partial charge in [-0.15, -0.1) is 0 Å². The summed E-state index contributed by atoms with van der Waals surface area (Å²) in [4.78, 5) is 19.6. The van der Waals surface area contributed by atoms with E-state index in [9.17, 15) is 4.79 Å². The number of aromatic nitrogens is 2. The van der Waals surface area contributed by atoms with Crippen molar-refractivity contribution < 1.29 is 9.21 Å². The molecule has 112 valence electrons. The molecule has 0 aliphatic heterocycles. The summed E-state index contributed by atoms with van der Waals surface area (Å²) in [5.41, 5.74) is 2.89. The lowest BCUT2D eigenvalue weighted by Crippen LogP contribution is -2.10. The fourth-order valence-corrected chi connectivity index (χ4v) is 2.48. The van der Waals surface area contributed by atoms with E-state index in [1.165, 1.54) is 6.26 Å². The van der Waals surface area contributed by atoms with Crippen LogP contribution >= 0.6 is 0 Å². The van der Waals surface area contributed by atoms with E-state index in [-0.39, 0.29) is 5.91 Å². The lowest BCUT2D eigenvalue weighted by atomic mass is 10.1. The summed E-state index contributed by atoms with van der Waals surface area (Å²) in [6, 6.07) is 14.9. The predicted molar refractivity (Wildman–Crippen MR) is 88.2 cm³/mol. The molecule has 23 heavy (non-hydrogen) atoms. The van der Waals surface area contributed by atoms with Crippen LogP contribution in [0.5, 0.6) is 0 Å². The zero-order valence-electron chi connectivity index (χ0n) is 12.1. The van der Waals surface area contributed by atoms with Crippen molar-refractivity contribution in [2.75, 3.05) is 5.32 Å². The third kappa shape index (κ3) is 2.48. The van der Waals surface area contributed by atoms with Gasteiger partial charge in [0.1, 0.15) is 17.7 Å². The standard InChI is InChI=1S/C18H13N3O2/c22-18(21-13-5-2-1-3-6-13)12-9-16(23-11-12)15-10-20-17-14(15)7-4-8-19-17/h1-11H,(H,19,20)(H,21,22). The number of carbonyl (C=O) groups excluding carboxylic acids is 1. The first kappa shape index (κ1) is 13.3. The van der Waals surface area contributed by atoms with Crippen LogP contribution in [-0.4, -0.2) is 15.9 Å². The SMILES string of the molecule is O=C(Nc1ccccc1)c1coc(-c2c[nH]c3ncccc23)c1. The highest BCUT2D eigenvalue weighted by Gasteiger charge is 2.14. The van der Waals surface area contributed by atoms with Gasteiger partial charge >= 0.3 is 0 Å². The number of pyridine rings is 1. The quantitative estimate of drug-likeness (QED) is 0.599. The second-order valence-corrected chi connectivity index (χ2v) is 5.12. The van der Waals surface area contributed by atoms with Gasteiger partial charge in [0.05, 0.1) is 5.56 Å². The molecule has 4 rings (SSSR count). The zero-order valence-corrected chi connectivity index (χ0v) is 12.1. The molecule has 3 aromatic heterocycles. The maximum Gasteiger partial charge on any atom is 0.258 e. The van der Waals surface area contributed by atoms with Crippen LogP contribution in [0.3, 0.4) is 0 Å². The Morgan fingerprint density at radius 2 is 2.00 bits per heavy atom. The van der Waals surface area contributed by atoms with Gasteiger partial charge in [-0.05, 0) is 30.3 Å². The maximum atomic E-state index is 12.3. The van der Waals surface area contributed by atoms with Crippen LogP contribution in [-0.2, 0) is 0 Å². The summed E-state index contributed by atoms with van der Waals surface area (Å²) in [5.74, 6) is 0.423. The smallest absolute Gasteiger partial charge is 0.258 e. The highest BCUT2D eigenvalue weighted by atomic mass is 16.3. The lowest BCUT2D eigenvalue weighted by Gasteiger charge is -2.01. The molecule has 4 aromatic rings. The highest BCUT2D eigenvalue weighted by Crippen LogP contribution is 2.29. The molecule has 5 nitrogen and oxygen atoms in total. The normalized spacial score (nSPS) is 10.8. The van der Waals surface area contributed by atoms with Crippen LogP contribution in [0.25, 0.3) is 22.4 Å². The average molecular weight is 303 g/mol. The summed E-state index contributed by atoms with van der Waals surface area (Å²) >= 11 is 0. The molecule has 5 heteroatoms. The van der Waals surface area contributed by atoms with Gasteiger partial charge in [0.15, 0.2) is 0 Å². The predicted octanol–water partition coefficient (Wildman–Crippen LogP) is 4.08. The van der Waals surface area contributed by atoms with Gasteiger partial charge in [0.2, 0.25) is 0 Å². The number of carbonyl (C=O) groups is 1. The van der Waals surface area contributed by atoms with Crippen LogP contribution in [0.1, 0.15) is 10.4 Å². The van der Waals surface area contributed by atoms with E-state index >= 15 is 0 Å². The number of para-hydroxylation sites is 1. The fraction of sp³-hybridized carbons (Fsp3) is 0. The summed E-state index contributed by atoms with van der Waals surface area (Å²) in [7, 11) is 0. The van der Waals surface area contributed by atoms with Crippen molar-refractivity contribution in [2.45, 2.75) is 0 Å². The molecule has 0 saturated carbocycles. The van der Waals surface area contributed by atoms with Crippen molar-refractivity contribution in [2.24, 2.45) is 0 Å². The Hall–Kier alpha value is -3.34. The number of amides is 1. The molecule has 0 unspecified atom stereocenters. The maximum absolute atomic E-state index is 12.3. The Labute approximate surface area is 132 Å². The lowest BCUT2D eigenvalue weighted by molar-refractivity contribution is 0.102. The summed E-state index contributed by atoms with van der Waals surface area (Å²) < 4.78 is 5.57. The van der Waals surface area contributed by atoms with Crippen LogP contribution in [0, 0.1) is 0 Å². The molecule has 2 N–H and O–H groups in total. The van der Waals surface area contributed by atoms with Gasteiger partial charge in [0.25, 0.3) is 5.91 Å². The molecule has 1 aromatic carbocycles. The van der Waals surface area contributed by atoms with E-state index in [1.54, 1.807) is 12.3 Å². The summed E-state index contributed by atoms with van der Waals surface area (Å²) in [6.07, 6.45) is 5.02. The fourth-order valence-electron chi connectivity index (χ4n) is 2.48. The van der Waals surface area contributed by atoms with E-state index < -0.39 is 0 Å². The number of aromatic amines is 1. The number of hydrogen-bond acceptors (Lipinski definition) is 3. The molecule has 0 radical (unpaired) electrons. The number of furan rings is 1. The first-order chi connectivity index (χ1) is 11.3. The molecule has 1 amide bonds. The van der Waals surface area contributed by atoms with Gasteiger partial charge in [0, 0.05) is 29.0 Å². The minimum absolute atomic E-state index is 0.204. The van der Waals surface area contributed by atoms with Crippen molar-refractivity contribution in [3.05, 3.63) is 72.8 Å². The Bertz CT molecular complexity index is 970. The number of nitrogens with one attached hydrogen (secondary N) is 2. The number of rotatable bonds is 3. The number of fused-ring (bicyclic) bond motifs is 1. The van der Waals surface area contributed by atoms with E-state index in [0.717, 1.165) is 22.3 Å². The van der Waals surface area contributed by atoms with Crippen molar-refractivity contribution >= 4 is 22.6 Å². The average Bonchev–Trinajstić information content (AvgIpc) is 3.22. The van der Waals surface area contributed by atoms with Crippen molar-refractivity contribution in [1.29, 1.82) is 0 Å². The van der Waals surface area contributed by atoms with Crippen LogP contribution in [0.15, 0.2) is 71.6 Å². The van der Waals surface area contributed by atoms with Gasteiger partial charge in [-0.25, -0.2) is 4.98 Å². The number of H-pyrrole nitrogens is 1. The molecule has 3 heterocycles. The third-order valence-electron chi connectivity index (χ3n) is 3.61. The Balaban J connectivity index is 1.63. The molecule has 0 bridgehead atoms. The van der Waals surface area contributed by atoms with Crippen LogP contribution in [0.2, 0.25) is 0 Å². The largest absolute Gasteiger partial charge is 0.463 e. The molecule has 0 aliphatic rings. The van der Waals surface area contributed by atoms with E-state index in [1.807, 2.05) is 48.7 Å². The van der Waals surface area contributed by atoms with Gasteiger partial charge in [-0.3, -0.25) is 4.79 Å². The van der Waals surface area contributed by atoms with E-state index in [2.05, 4.69) is 15.3 Å². The van der Waals surface area contributed by atoms with Gasteiger partial charge < -0.3 is 14.7 Å². The Kier molecular flexibility index (Phi) is 3.16. The van der Waals surface area contributed by atoms with E-state index in [0.29, 0.717) is 11.3 Å². The van der Waals surface area contributed by atoms with Gasteiger partial charge in [-0.1, -0.05) is 18.2 Å². The molecule has 0 fully saturated rings. The van der Waals surface area contributed by atoms with Crippen molar-refractivity contribution in [3.8, 4) is 11.3 Å². The van der Waals surface area contributed by atoms with E-state index in [4.69, 9.17) is 4.42 Å². The molecule has 0 aliphatic carbocycles. The van der Waals surface area contributed by atoms with Crippen molar-refractivity contribution in [3.63, 3.8) is 0 Å². The number of benzene rings is 1.